The van der Waals surface area contributed by atoms with Crippen LogP contribution in [0.15, 0.2) is 70.1 Å². The van der Waals surface area contributed by atoms with Crippen LogP contribution in [0.1, 0.15) is 41.3 Å². The van der Waals surface area contributed by atoms with Crippen LogP contribution in [0, 0.1) is 5.92 Å². The van der Waals surface area contributed by atoms with Gasteiger partial charge in [-0.15, -0.1) is 0 Å². The van der Waals surface area contributed by atoms with Crippen molar-refractivity contribution in [3.05, 3.63) is 82.8 Å². The Morgan fingerprint density at radius 1 is 1.20 bits per heavy atom. The molecule has 0 saturated carbocycles. The summed E-state index contributed by atoms with van der Waals surface area (Å²) < 4.78 is 10.8. The van der Waals surface area contributed by atoms with E-state index < -0.39 is 29.9 Å². The first-order valence-electron chi connectivity index (χ1n) is 12.6. The smallest absolute Gasteiger partial charge is 0.371 e. The van der Waals surface area contributed by atoms with Gasteiger partial charge in [-0.25, -0.2) is 15.1 Å². The molecule has 0 radical (unpaired) electrons. The topological polar surface area (TPSA) is 143 Å². The summed E-state index contributed by atoms with van der Waals surface area (Å²) >= 11 is 6.20. The monoisotopic (exact) mass is 568 g/mol. The maximum atomic E-state index is 13.7. The molecule has 3 amide bonds. The molecule has 2 heterocycles. The number of aromatic carboxylic acids is 1. The second kappa shape index (κ2) is 13.0. The van der Waals surface area contributed by atoms with Crippen molar-refractivity contribution in [1.82, 2.24) is 15.7 Å². The largest absolute Gasteiger partial charge is 0.496 e. The van der Waals surface area contributed by atoms with Crippen LogP contribution in [0.4, 0.5) is 4.79 Å². The Morgan fingerprint density at radius 3 is 2.65 bits per heavy atom. The normalized spacial score (nSPS) is 16.0. The Labute approximate surface area is 235 Å². The van der Waals surface area contributed by atoms with Crippen molar-refractivity contribution < 1.29 is 33.5 Å². The molecule has 1 aliphatic rings. The van der Waals surface area contributed by atoms with E-state index in [1.54, 1.807) is 49.4 Å². The molecule has 0 spiro atoms. The predicted octanol–water partition coefficient (Wildman–Crippen LogP) is 4.48. The van der Waals surface area contributed by atoms with Gasteiger partial charge in [-0.1, -0.05) is 36.7 Å². The summed E-state index contributed by atoms with van der Waals surface area (Å²) in [5.41, 5.74) is 3.46. The number of urea groups is 1. The zero-order valence-electron chi connectivity index (χ0n) is 21.9. The van der Waals surface area contributed by atoms with E-state index in [2.05, 4.69) is 15.8 Å². The van der Waals surface area contributed by atoms with Crippen LogP contribution in [0.5, 0.6) is 11.5 Å². The second-order valence-electron chi connectivity index (χ2n) is 9.00. The van der Waals surface area contributed by atoms with E-state index in [4.69, 9.17) is 25.6 Å². The van der Waals surface area contributed by atoms with E-state index in [1.807, 2.05) is 6.07 Å². The fraction of sp³-hybridized carbons (Fsp3) is 0.286. The van der Waals surface area contributed by atoms with E-state index in [0.717, 1.165) is 4.90 Å². The number of rotatable bonds is 9. The summed E-state index contributed by atoms with van der Waals surface area (Å²) in [6.07, 6.45) is 0.611. The van der Waals surface area contributed by atoms with Crippen molar-refractivity contribution >= 4 is 35.3 Å². The molecule has 4 rings (SSSR count). The maximum Gasteiger partial charge on any atom is 0.371 e. The number of carboxylic acid groups (broad SMARTS) is 1. The highest BCUT2D eigenvalue weighted by molar-refractivity contribution is 6.30. The molecule has 3 N–H and O–H groups in total. The molecule has 0 aliphatic carbocycles. The number of imide groups is 1. The highest BCUT2D eigenvalue weighted by Gasteiger charge is 2.34. The lowest BCUT2D eigenvalue weighted by atomic mass is 9.97. The highest BCUT2D eigenvalue weighted by atomic mass is 35.5. The van der Waals surface area contributed by atoms with Crippen LogP contribution in [0.3, 0.4) is 0 Å². The first-order chi connectivity index (χ1) is 19.3. The third-order valence-corrected chi connectivity index (χ3v) is 6.53. The summed E-state index contributed by atoms with van der Waals surface area (Å²) in [6.45, 7) is 1.69. The van der Waals surface area contributed by atoms with Crippen LogP contribution in [-0.2, 0) is 11.2 Å². The number of aliphatic imine (C=N–C) groups is 1. The number of ether oxygens (including phenoxy) is 1. The van der Waals surface area contributed by atoms with Crippen molar-refractivity contribution in [3.8, 4) is 11.5 Å². The molecule has 210 valence electrons. The van der Waals surface area contributed by atoms with Crippen LogP contribution in [0.2, 0.25) is 5.02 Å². The average Bonchev–Trinajstić information content (AvgIpc) is 3.40. The standard InChI is InChI=1S/C28H29ClN4O7/c1-3-21(23-11-12-24(39-23)27(35)36)31-28(37)33-16-25(32-40-20-7-5-4-6-8-20)30-15-18(26(33)34)13-17-14-19(29)9-10-22(17)38-2/h4-12,14,18,21H,3,13,15-16H2,1-2H3,(H,30,32)(H,31,37)(H,35,36)/t18-,21-/m1/s1. The van der Waals surface area contributed by atoms with Gasteiger partial charge >= 0.3 is 12.0 Å². The highest BCUT2D eigenvalue weighted by Crippen LogP contribution is 2.27. The SMILES string of the molecule is CC[C@@H](NC(=O)N1CC(NOc2ccccc2)=NC[C@@H](Cc2cc(Cl)ccc2OC)C1=O)c1ccc(C(=O)O)o1. The predicted molar refractivity (Wildman–Crippen MR) is 147 cm³/mol. The Bertz CT molecular complexity index is 1390. The van der Waals surface area contributed by atoms with Crippen LogP contribution < -0.4 is 20.4 Å². The van der Waals surface area contributed by atoms with Gasteiger partial charge in [0.1, 0.15) is 11.5 Å². The second-order valence-corrected chi connectivity index (χ2v) is 9.44. The number of carbonyl (C=O) groups excluding carboxylic acids is 2. The van der Waals surface area contributed by atoms with Gasteiger partial charge in [-0.3, -0.25) is 14.7 Å². The number of hydrogen-bond acceptors (Lipinski definition) is 8. The summed E-state index contributed by atoms with van der Waals surface area (Å²) in [7, 11) is 1.53. The molecule has 2 aromatic carbocycles. The van der Waals surface area contributed by atoms with Crippen molar-refractivity contribution in [3.63, 3.8) is 0 Å². The fourth-order valence-corrected chi connectivity index (χ4v) is 4.41. The van der Waals surface area contributed by atoms with Gasteiger partial charge in [0.25, 0.3) is 0 Å². The minimum Gasteiger partial charge on any atom is -0.496 e. The Balaban J connectivity index is 1.58. The summed E-state index contributed by atoms with van der Waals surface area (Å²) in [6, 6.07) is 15.5. The molecular formula is C28H29ClN4O7. The zero-order chi connectivity index (χ0) is 28.6. The van der Waals surface area contributed by atoms with E-state index in [9.17, 15) is 19.5 Å². The number of benzene rings is 2. The minimum absolute atomic E-state index is 0.0795. The van der Waals surface area contributed by atoms with E-state index in [1.165, 1.54) is 19.2 Å². The van der Waals surface area contributed by atoms with Gasteiger partial charge in [-0.05, 0) is 60.9 Å². The van der Waals surface area contributed by atoms with Crippen LogP contribution in [-0.4, -0.2) is 53.9 Å². The molecule has 0 bridgehead atoms. The molecule has 2 atom stereocenters. The molecule has 0 unspecified atom stereocenters. The number of hydrogen-bond donors (Lipinski definition) is 3. The number of methoxy groups -OCH3 is 1. The number of halogens is 1. The summed E-state index contributed by atoms with van der Waals surface area (Å²) in [4.78, 5) is 49.7. The summed E-state index contributed by atoms with van der Waals surface area (Å²) in [5, 5.41) is 12.5. The lowest BCUT2D eigenvalue weighted by molar-refractivity contribution is -0.131. The lowest BCUT2D eigenvalue weighted by Crippen LogP contribution is -2.50. The third-order valence-electron chi connectivity index (χ3n) is 6.30. The van der Waals surface area contributed by atoms with Crippen molar-refractivity contribution in [2.75, 3.05) is 20.2 Å². The molecule has 12 heteroatoms. The quantitative estimate of drug-likeness (QED) is 0.321. The number of carboxylic acids is 1. The van der Waals surface area contributed by atoms with Crippen molar-refractivity contribution in [2.24, 2.45) is 10.9 Å². The number of carbonyl (C=O) groups is 3. The van der Waals surface area contributed by atoms with Gasteiger partial charge < -0.3 is 24.4 Å². The fourth-order valence-electron chi connectivity index (χ4n) is 4.22. The number of hydroxylamine groups is 1. The molecule has 1 aliphatic heterocycles. The molecule has 0 saturated heterocycles. The van der Waals surface area contributed by atoms with Crippen molar-refractivity contribution in [2.45, 2.75) is 25.8 Å². The molecule has 3 aromatic rings. The molecule has 0 fully saturated rings. The van der Waals surface area contributed by atoms with Crippen LogP contribution in [0.25, 0.3) is 0 Å². The first-order valence-corrected chi connectivity index (χ1v) is 12.9. The Kier molecular flexibility index (Phi) is 9.28. The van der Waals surface area contributed by atoms with E-state index in [0.29, 0.717) is 28.5 Å². The Morgan fingerprint density at radius 2 is 1.98 bits per heavy atom. The van der Waals surface area contributed by atoms with Crippen molar-refractivity contribution in [1.29, 1.82) is 0 Å². The first kappa shape index (κ1) is 28.5. The molecular weight excluding hydrogens is 540 g/mol. The van der Waals surface area contributed by atoms with Gasteiger partial charge in [0, 0.05) is 5.02 Å². The van der Waals surface area contributed by atoms with Gasteiger partial charge in [0.05, 0.1) is 32.2 Å². The Hall–Kier alpha value is -4.51. The molecule has 11 nitrogen and oxygen atoms in total. The van der Waals surface area contributed by atoms with Gasteiger partial charge in [0.2, 0.25) is 11.7 Å². The average molecular weight is 569 g/mol. The van der Waals surface area contributed by atoms with E-state index in [-0.39, 0.29) is 36.9 Å². The van der Waals surface area contributed by atoms with E-state index >= 15 is 0 Å². The number of nitrogens with zero attached hydrogens (tertiary/aromatic N) is 2. The number of para-hydroxylation sites is 1. The number of nitrogens with one attached hydrogen (secondary N) is 2. The summed E-state index contributed by atoms with van der Waals surface area (Å²) in [5.74, 6) is -1.03. The number of furan rings is 1. The zero-order valence-corrected chi connectivity index (χ0v) is 22.7. The third kappa shape index (κ3) is 6.92. The van der Waals surface area contributed by atoms with Gasteiger partial charge in [0.15, 0.2) is 11.6 Å². The maximum absolute atomic E-state index is 13.7. The molecule has 40 heavy (non-hydrogen) atoms. The lowest BCUT2D eigenvalue weighted by Gasteiger charge is -2.26. The van der Waals surface area contributed by atoms with Crippen LogP contribution >= 0.6 is 11.6 Å². The minimum atomic E-state index is -1.22. The van der Waals surface area contributed by atoms with Gasteiger partial charge in [-0.2, -0.15) is 0 Å². The molecule has 1 aromatic heterocycles. The number of amides is 3. The number of amidine groups is 1.